The van der Waals surface area contributed by atoms with E-state index in [-0.39, 0.29) is 16.2 Å². The fraction of sp³-hybridized carbons (Fsp3) is 0.0714. The lowest BCUT2D eigenvalue weighted by atomic mass is 10.2. The Bertz CT molecular complexity index is 552. The highest BCUT2D eigenvalue weighted by Gasteiger charge is 2.42. The van der Waals surface area contributed by atoms with E-state index in [1.54, 1.807) is 12.1 Å². The predicted molar refractivity (Wildman–Crippen MR) is 65.7 cm³/mol. The summed E-state index contributed by atoms with van der Waals surface area (Å²) in [5.74, 6) is -1.10. The molecule has 0 bridgehead atoms. The lowest BCUT2D eigenvalue weighted by Crippen LogP contribution is -2.43. The molecule has 19 heavy (non-hydrogen) atoms. The summed E-state index contributed by atoms with van der Waals surface area (Å²) in [4.78, 5) is 11.8. The van der Waals surface area contributed by atoms with Crippen molar-refractivity contribution in [2.24, 2.45) is 0 Å². The molecule has 0 spiro atoms. The average Bonchev–Trinajstić information content (AvgIpc) is 2.39. The van der Waals surface area contributed by atoms with Crippen molar-refractivity contribution >= 4 is 11.6 Å². The summed E-state index contributed by atoms with van der Waals surface area (Å²) >= 11 is 0. The van der Waals surface area contributed by atoms with Crippen molar-refractivity contribution < 1.29 is 18.0 Å². The van der Waals surface area contributed by atoms with E-state index in [9.17, 15) is 18.0 Å². The van der Waals surface area contributed by atoms with Gasteiger partial charge in [0.25, 0.3) is 5.91 Å². The topological polar surface area (TPSA) is 20.3 Å². The van der Waals surface area contributed by atoms with Gasteiger partial charge in [-0.15, -0.1) is 13.2 Å². The lowest BCUT2D eigenvalue weighted by Gasteiger charge is -2.25. The zero-order valence-electron chi connectivity index (χ0n) is 9.76. The molecule has 0 atom stereocenters. The highest BCUT2D eigenvalue weighted by Crippen LogP contribution is 2.29. The van der Waals surface area contributed by atoms with E-state index in [1.165, 1.54) is 48.5 Å². The summed E-state index contributed by atoms with van der Waals surface area (Å²) in [6, 6.07) is 14.4. The summed E-state index contributed by atoms with van der Waals surface area (Å²) < 4.78 is 39.1. The van der Waals surface area contributed by atoms with Crippen molar-refractivity contribution in [2.75, 3.05) is 4.90 Å². The van der Waals surface area contributed by atoms with Crippen LogP contribution in [0.3, 0.4) is 0 Å². The SMILES string of the molecule is O=C(c1ccccc1)N(c1ccccc1)C(F)(F)F. The van der Waals surface area contributed by atoms with Crippen LogP contribution in [0.5, 0.6) is 0 Å². The fourth-order valence-electron chi connectivity index (χ4n) is 1.67. The van der Waals surface area contributed by atoms with Crippen LogP contribution >= 0.6 is 0 Å². The van der Waals surface area contributed by atoms with Gasteiger partial charge in [-0.05, 0) is 24.3 Å². The minimum atomic E-state index is -4.77. The Morgan fingerprint density at radius 2 is 1.32 bits per heavy atom. The molecule has 1 amide bonds. The standard InChI is InChI=1S/C14H10F3NO/c15-14(16,17)18(12-9-5-2-6-10-12)13(19)11-7-3-1-4-8-11/h1-10H. The Kier molecular flexibility index (Phi) is 3.55. The molecule has 2 aromatic rings. The first-order valence-electron chi connectivity index (χ1n) is 5.51. The molecule has 2 rings (SSSR count). The third-order valence-electron chi connectivity index (χ3n) is 2.49. The monoisotopic (exact) mass is 265 g/mol. The van der Waals surface area contributed by atoms with Crippen LogP contribution in [0.25, 0.3) is 0 Å². The molecule has 0 radical (unpaired) electrons. The van der Waals surface area contributed by atoms with Crippen LogP contribution in [0.2, 0.25) is 0 Å². The second-order valence-electron chi connectivity index (χ2n) is 3.81. The molecule has 0 saturated carbocycles. The van der Waals surface area contributed by atoms with E-state index < -0.39 is 12.2 Å². The molecule has 0 saturated heterocycles. The quantitative estimate of drug-likeness (QED) is 0.755. The van der Waals surface area contributed by atoms with Crippen LogP contribution in [0, 0.1) is 0 Å². The largest absolute Gasteiger partial charge is 0.491 e. The van der Waals surface area contributed by atoms with Crippen LogP contribution in [-0.2, 0) is 0 Å². The highest BCUT2D eigenvalue weighted by atomic mass is 19.4. The smallest absolute Gasteiger partial charge is 0.268 e. The number of hydrogen-bond acceptors (Lipinski definition) is 1. The van der Waals surface area contributed by atoms with Crippen LogP contribution in [0.1, 0.15) is 10.4 Å². The first-order chi connectivity index (χ1) is 9.00. The van der Waals surface area contributed by atoms with Gasteiger partial charge in [0, 0.05) is 5.56 Å². The summed E-state index contributed by atoms with van der Waals surface area (Å²) in [7, 11) is 0. The summed E-state index contributed by atoms with van der Waals surface area (Å²) in [5, 5.41) is 0. The third-order valence-corrected chi connectivity index (χ3v) is 2.49. The van der Waals surface area contributed by atoms with Gasteiger partial charge in [-0.3, -0.25) is 4.79 Å². The number of alkyl halides is 3. The maximum atomic E-state index is 13.0. The summed E-state index contributed by atoms with van der Waals surface area (Å²) in [6.07, 6.45) is -4.77. The molecule has 0 aromatic heterocycles. The Labute approximate surface area is 108 Å². The number of benzene rings is 2. The van der Waals surface area contributed by atoms with Gasteiger partial charge < -0.3 is 0 Å². The highest BCUT2D eigenvalue weighted by molar-refractivity contribution is 6.06. The van der Waals surface area contributed by atoms with E-state index in [1.807, 2.05) is 0 Å². The fourth-order valence-corrected chi connectivity index (χ4v) is 1.67. The maximum Gasteiger partial charge on any atom is 0.491 e. The predicted octanol–water partition coefficient (Wildman–Crippen LogP) is 3.85. The van der Waals surface area contributed by atoms with Crippen molar-refractivity contribution in [3.8, 4) is 0 Å². The zero-order valence-corrected chi connectivity index (χ0v) is 9.76. The minimum Gasteiger partial charge on any atom is -0.268 e. The first-order valence-corrected chi connectivity index (χ1v) is 5.51. The van der Waals surface area contributed by atoms with Crippen molar-refractivity contribution in [1.82, 2.24) is 0 Å². The Hall–Kier alpha value is -2.30. The van der Waals surface area contributed by atoms with Gasteiger partial charge in [-0.1, -0.05) is 36.4 Å². The van der Waals surface area contributed by atoms with Gasteiger partial charge in [0.1, 0.15) is 0 Å². The number of hydrogen-bond donors (Lipinski definition) is 0. The van der Waals surface area contributed by atoms with Gasteiger partial charge in [0.15, 0.2) is 0 Å². The number of carbonyl (C=O) groups excluding carboxylic acids is 1. The van der Waals surface area contributed by atoms with Crippen molar-refractivity contribution in [1.29, 1.82) is 0 Å². The Morgan fingerprint density at radius 3 is 1.79 bits per heavy atom. The number of nitrogens with zero attached hydrogens (tertiary/aromatic N) is 1. The second-order valence-corrected chi connectivity index (χ2v) is 3.81. The van der Waals surface area contributed by atoms with Gasteiger partial charge in [-0.2, -0.15) is 0 Å². The van der Waals surface area contributed by atoms with E-state index in [2.05, 4.69) is 0 Å². The van der Waals surface area contributed by atoms with E-state index >= 15 is 0 Å². The molecule has 0 aliphatic rings. The maximum absolute atomic E-state index is 13.0. The van der Waals surface area contributed by atoms with Gasteiger partial charge in [-0.25, -0.2) is 4.90 Å². The first kappa shape index (κ1) is 13.1. The zero-order chi connectivity index (χ0) is 13.9. The Balaban J connectivity index is 2.43. The number of amides is 1. The number of para-hydroxylation sites is 1. The molecule has 98 valence electrons. The normalized spacial score (nSPS) is 11.1. The van der Waals surface area contributed by atoms with Gasteiger partial charge in [0.2, 0.25) is 0 Å². The van der Waals surface area contributed by atoms with Crippen LogP contribution in [0.15, 0.2) is 60.7 Å². The van der Waals surface area contributed by atoms with Crippen LogP contribution < -0.4 is 4.90 Å². The molecular formula is C14H10F3NO. The number of anilines is 1. The summed E-state index contributed by atoms with van der Waals surface area (Å²) in [5.41, 5.74) is -0.215. The minimum absolute atomic E-state index is 0.0105. The molecule has 0 aliphatic heterocycles. The average molecular weight is 265 g/mol. The molecule has 2 nitrogen and oxygen atoms in total. The molecule has 0 unspecified atom stereocenters. The summed E-state index contributed by atoms with van der Waals surface area (Å²) in [6.45, 7) is 0. The van der Waals surface area contributed by atoms with Gasteiger partial charge >= 0.3 is 6.30 Å². The molecule has 0 fully saturated rings. The van der Waals surface area contributed by atoms with Crippen molar-refractivity contribution in [3.05, 3.63) is 66.2 Å². The molecule has 5 heteroatoms. The van der Waals surface area contributed by atoms with Gasteiger partial charge in [0.05, 0.1) is 5.69 Å². The third kappa shape index (κ3) is 2.93. The lowest BCUT2D eigenvalue weighted by molar-refractivity contribution is -0.122. The molecule has 0 aliphatic carbocycles. The van der Waals surface area contributed by atoms with E-state index in [0.29, 0.717) is 0 Å². The van der Waals surface area contributed by atoms with E-state index in [4.69, 9.17) is 0 Å². The van der Waals surface area contributed by atoms with Crippen LogP contribution in [0.4, 0.5) is 18.9 Å². The second kappa shape index (κ2) is 5.14. The van der Waals surface area contributed by atoms with E-state index in [0.717, 1.165) is 0 Å². The molecular weight excluding hydrogens is 255 g/mol. The van der Waals surface area contributed by atoms with Crippen LogP contribution in [-0.4, -0.2) is 12.2 Å². The molecule has 0 N–H and O–H groups in total. The Morgan fingerprint density at radius 1 is 0.842 bits per heavy atom. The number of halogens is 3. The van der Waals surface area contributed by atoms with Crippen molar-refractivity contribution in [3.63, 3.8) is 0 Å². The number of rotatable bonds is 2. The number of carbonyl (C=O) groups is 1. The van der Waals surface area contributed by atoms with Crippen molar-refractivity contribution in [2.45, 2.75) is 6.30 Å². The molecule has 0 heterocycles. The molecule has 2 aromatic carbocycles.